The van der Waals surface area contributed by atoms with Gasteiger partial charge in [0.05, 0.1) is 12.8 Å². The number of nitrogens with two attached hydrogens (primary N) is 1. The van der Waals surface area contributed by atoms with Crippen molar-refractivity contribution in [2.75, 3.05) is 12.8 Å². The summed E-state index contributed by atoms with van der Waals surface area (Å²) < 4.78 is 5.35. The van der Waals surface area contributed by atoms with Crippen molar-refractivity contribution in [2.24, 2.45) is 0 Å². The molecule has 5 nitrogen and oxygen atoms in total. The number of hydrogen-bond donors (Lipinski definition) is 2. The third-order valence-corrected chi connectivity index (χ3v) is 2.82. The monoisotopic (exact) mass is 240 g/mol. The van der Waals surface area contributed by atoms with E-state index in [1.807, 2.05) is 30.3 Å². The van der Waals surface area contributed by atoms with Gasteiger partial charge in [-0.3, -0.25) is 5.10 Å². The molecule has 5 heteroatoms. The molecule has 2 aromatic heterocycles. The first-order valence-electron chi connectivity index (χ1n) is 5.53. The molecule has 0 fully saturated rings. The number of aromatic nitrogens is 3. The van der Waals surface area contributed by atoms with Gasteiger partial charge in [-0.05, 0) is 24.3 Å². The summed E-state index contributed by atoms with van der Waals surface area (Å²) in [7, 11) is 1.65. The molecular weight excluding hydrogens is 228 g/mol. The van der Waals surface area contributed by atoms with Crippen molar-refractivity contribution in [1.82, 2.24) is 15.2 Å². The number of nitrogens with zero attached hydrogens (tertiary/aromatic N) is 2. The molecule has 0 aliphatic heterocycles. The molecule has 1 aromatic carbocycles. The van der Waals surface area contributed by atoms with Gasteiger partial charge in [-0.25, -0.2) is 4.98 Å². The first-order chi connectivity index (χ1) is 8.79. The third-order valence-electron chi connectivity index (χ3n) is 2.82. The number of aromatic amines is 1. The van der Waals surface area contributed by atoms with Gasteiger partial charge in [0.1, 0.15) is 11.6 Å². The molecule has 3 rings (SSSR count). The smallest absolute Gasteiger partial charge is 0.183 e. The van der Waals surface area contributed by atoms with Crippen LogP contribution in [-0.2, 0) is 0 Å². The number of nitrogen functional groups attached to an aromatic ring is 1. The van der Waals surface area contributed by atoms with E-state index in [9.17, 15) is 0 Å². The zero-order chi connectivity index (χ0) is 12.5. The summed E-state index contributed by atoms with van der Waals surface area (Å²) in [4.78, 5) is 4.17. The Hall–Kier alpha value is -2.56. The lowest BCUT2D eigenvalue weighted by molar-refractivity contribution is 0.416. The van der Waals surface area contributed by atoms with Crippen LogP contribution < -0.4 is 10.5 Å². The van der Waals surface area contributed by atoms with Gasteiger partial charge >= 0.3 is 0 Å². The Bertz CT molecular complexity index is 705. The quantitative estimate of drug-likeness (QED) is 0.720. The summed E-state index contributed by atoms with van der Waals surface area (Å²) in [5.41, 5.74) is 8.08. The number of pyridine rings is 1. The molecule has 0 saturated carbocycles. The maximum absolute atomic E-state index is 5.64. The Morgan fingerprint density at radius 3 is 2.83 bits per heavy atom. The zero-order valence-corrected chi connectivity index (χ0v) is 9.84. The molecule has 18 heavy (non-hydrogen) atoms. The van der Waals surface area contributed by atoms with E-state index < -0.39 is 0 Å². The Morgan fingerprint density at radius 2 is 2.00 bits per heavy atom. The van der Waals surface area contributed by atoms with E-state index in [0.29, 0.717) is 11.5 Å². The second-order valence-electron chi connectivity index (χ2n) is 3.91. The van der Waals surface area contributed by atoms with E-state index in [-0.39, 0.29) is 0 Å². The van der Waals surface area contributed by atoms with Gasteiger partial charge in [-0.1, -0.05) is 12.1 Å². The lowest BCUT2D eigenvalue weighted by Crippen LogP contribution is -1.89. The summed E-state index contributed by atoms with van der Waals surface area (Å²) in [5.74, 6) is 1.25. The highest BCUT2D eigenvalue weighted by molar-refractivity contribution is 5.93. The highest BCUT2D eigenvalue weighted by atomic mass is 16.5. The second-order valence-corrected chi connectivity index (χ2v) is 3.91. The number of H-pyrrole nitrogens is 1. The standard InChI is InChI=1S/C13H12N4O/c1-18-10-5-3-2-4-8(10)12-9-6-7-11(14)15-13(9)17-16-12/h2-7H,1H3,(H3,14,15,16,17). The van der Waals surface area contributed by atoms with Gasteiger partial charge in [-0.15, -0.1) is 0 Å². The number of methoxy groups -OCH3 is 1. The maximum Gasteiger partial charge on any atom is 0.183 e. The topological polar surface area (TPSA) is 76.8 Å². The lowest BCUT2D eigenvalue weighted by Gasteiger charge is -2.06. The summed E-state index contributed by atoms with van der Waals surface area (Å²) in [5, 5.41) is 8.07. The van der Waals surface area contributed by atoms with Crippen LogP contribution in [0.1, 0.15) is 0 Å². The summed E-state index contributed by atoms with van der Waals surface area (Å²) in [6.07, 6.45) is 0. The van der Waals surface area contributed by atoms with Crippen molar-refractivity contribution in [3.63, 3.8) is 0 Å². The molecule has 0 unspecified atom stereocenters. The minimum atomic E-state index is 0.459. The van der Waals surface area contributed by atoms with Crippen LogP contribution in [0.15, 0.2) is 36.4 Å². The van der Waals surface area contributed by atoms with Gasteiger partial charge < -0.3 is 10.5 Å². The molecule has 0 bridgehead atoms. The van der Waals surface area contributed by atoms with Crippen molar-refractivity contribution in [3.8, 4) is 17.0 Å². The van der Waals surface area contributed by atoms with Gasteiger partial charge in [0.15, 0.2) is 5.65 Å². The van der Waals surface area contributed by atoms with E-state index in [4.69, 9.17) is 10.5 Å². The SMILES string of the molecule is COc1ccccc1-c1[nH]nc2nc(N)ccc12. The van der Waals surface area contributed by atoms with Crippen LogP contribution in [0.3, 0.4) is 0 Å². The molecule has 0 aliphatic carbocycles. The predicted octanol–water partition coefficient (Wildman–Crippen LogP) is 2.22. The minimum absolute atomic E-state index is 0.459. The first kappa shape index (κ1) is 10.6. The number of rotatable bonds is 2. The fraction of sp³-hybridized carbons (Fsp3) is 0.0769. The molecule has 90 valence electrons. The summed E-state index contributed by atoms with van der Waals surface area (Å²) in [6, 6.07) is 11.4. The molecule has 3 N–H and O–H groups in total. The average Bonchev–Trinajstić information content (AvgIpc) is 2.81. The predicted molar refractivity (Wildman–Crippen MR) is 70.3 cm³/mol. The number of nitrogens with one attached hydrogen (secondary N) is 1. The van der Waals surface area contributed by atoms with Crippen molar-refractivity contribution in [2.45, 2.75) is 0 Å². The number of para-hydroxylation sites is 1. The van der Waals surface area contributed by atoms with Crippen LogP contribution in [0.25, 0.3) is 22.3 Å². The van der Waals surface area contributed by atoms with Crippen molar-refractivity contribution >= 4 is 16.9 Å². The van der Waals surface area contributed by atoms with Gasteiger partial charge in [-0.2, -0.15) is 5.10 Å². The van der Waals surface area contributed by atoms with Crippen LogP contribution >= 0.6 is 0 Å². The largest absolute Gasteiger partial charge is 0.496 e. The Morgan fingerprint density at radius 1 is 1.17 bits per heavy atom. The van der Waals surface area contributed by atoms with Gasteiger partial charge in [0.25, 0.3) is 0 Å². The number of hydrogen-bond acceptors (Lipinski definition) is 4. The molecule has 0 saturated heterocycles. The highest BCUT2D eigenvalue weighted by Gasteiger charge is 2.12. The molecule has 0 spiro atoms. The third kappa shape index (κ3) is 1.57. The fourth-order valence-electron chi connectivity index (χ4n) is 1.97. The lowest BCUT2D eigenvalue weighted by atomic mass is 10.1. The Balaban J connectivity index is 2.26. The molecule has 2 heterocycles. The number of ether oxygens (including phenoxy) is 1. The first-order valence-corrected chi connectivity index (χ1v) is 5.53. The normalized spacial score (nSPS) is 10.7. The summed E-state index contributed by atoms with van der Waals surface area (Å²) in [6.45, 7) is 0. The van der Waals surface area contributed by atoms with Crippen molar-refractivity contribution in [3.05, 3.63) is 36.4 Å². The van der Waals surface area contributed by atoms with E-state index in [1.54, 1.807) is 13.2 Å². The van der Waals surface area contributed by atoms with E-state index in [1.165, 1.54) is 0 Å². The minimum Gasteiger partial charge on any atom is -0.496 e. The zero-order valence-electron chi connectivity index (χ0n) is 9.84. The van der Waals surface area contributed by atoms with Gasteiger partial charge in [0, 0.05) is 10.9 Å². The average molecular weight is 240 g/mol. The van der Waals surface area contributed by atoms with Crippen molar-refractivity contribution in [1.29, 1.82) is 0 Å². The maximum atomic E-state index is 5.64. The number of anilines is 1. The number of benzene rings is 1. The fourth-order valence-corrected chi connectivity index (χ4v) is 1.97. The molecule has 0 atom stereocenters. The molecule has 0 aliphatic rings. The molecular formula is C13H12N4O. The Kier molecular flexibility index (Phi) is 2.37. The molecule has 0 radical (unpaired) electrons. The van der Waals surface area contributed by atoms with E-state index >= 15 is 0 Å². The van der Waals surface area contributed by atoms with Crippen molar-refractivity contribution < 1.29 is 4.74 Å². The molecule has 0 amide bonds. The van der Waals surface area contributed by atoms with Crippen LogP contribution in [0, 0.1) is 0 Å². The van der Waals surface area contributed by atoms with Crippen LogP contribution in [0.4, 0.5) is 5.82 Å². The van der Waals surface area contributed by atoms with Crippen LogP contribution in [-0.4, -0.2) is 22.3 Å². The van der Waals surface area contributed by atoms with Gasteiger partial charge in [0.2, 0.25) is 0 Å². The van der Waals surface area contributed by atoms with E-state index in [2.05, 4.69) is 15.2 Å². The summed E-state index contributed by atoms with van der Waals surface area (Å²) >= 11 is 0. The van der Waals surface area contributed by atoms with Crippen LogP contribution in [0.2, 0.25) is 0 Å². The number of fused-ring (bicyclic) bond motifs is 1. The molecule has 3 aromatic rings. The van der Waals surface area contributed by atoms with Crippen LogP contribution in [0.5, 0.6) is 5.75 Å². The Labute approximate surface area is 104 Å². The second kappa shape index (κ2) is 4.03. The van der Waals surface area contributed by atoms with E-state index in [0.717, 1.165) is 22.4 Å². The highest BCUT2D eigenvalue weighted by Crippen LogP contribution is 2.32.